The van der Waals surface area contributed by atoms with E-state index in [4.69, 9.17) is 13.9 Å². The van der Waals surface area contributed by atoms with Crippen LogP contribution in [0.15, 0.2) is 41.1 Å². The molecule has 43 heavy (non-hydrogen) atoms. The van der Waals surface area contributed by atoms with Gasteiger partial charge in [-0.15, -0.1) is 0 Å². The summed E-state index contributed by atoms with van der Waals surface area (Å²) >= 11 is 0. The molecule has 1 atom stereocenters. The SMILES string of the molecule is COc1cc(C(=O)CC[C@H](O)CN2CCc3cc(OCc4ocnc4C)ccc3C2)cc(NC2CCN(C(C)=O)CC2)n1. The summed E-state index contributed by atoms with van der Waals surface area (Å²) in [6.45, 7) is 7.28. The molecule has 2 aromatic heterocycles. The Morgan fingerprint density at radius 2 is 1.98 bits per heavy atom. The Hall–Kier alpha value is -3.96. The van der Waals surface area contributed by atoms with Crippen LogP contribution in [0.25, 0.3) is 0 Å². The number of ether oxygens (including phenoxy) is 2. The zero-order valence-corrected chi connectivity index (χ0v) is 25.2. The standard InChI is InChI=1S/C32H41N5O6/c1-21-30(43-20-33-21)19-42-28-6-4-24-17-36(11-8-23(24)14-28)18-27(39)5-7-29(40)25-15-31(35-32(16-25)41-3)34-26-9-12-37(13-10-26)22(2)38/h4,6,14-16,20,26-27,39H,5,7-13,17-19H2,1-3H3,(H,34,35)/t27-/m0/s1. The van der Waals surface area contributed by atoms with Crippen molar-refractivity contribution < 1.29 is 28.6 Å². The van der Waals surface area contributed by atoms with Crippen molar-refractivity contribution in [3.63, 3.8) is 0 Å². The number of amides is 1. The van der Waals surface area contributed by atoms with E-state index in [0.717, 1.165) is 49.6 Å². The number of rotatable bonds is 12. The van der Waals surface area contributed by atoms with Gasteiger partial charge in [0.1, 0.15) is 18.2 Å². The van der Waals surface area contributed by atoms with Crippen LogP contribution in [0.2, 0.25) is 0 Å². The number of aliphatic hydroxyl groups excluding tert-OH is 1. The number of piperidine rings is 1. The molecule has 0 aliphatic carbocycles. The Balaban J connectivity index is 1.09. The van der Waals surface area contributed by atoms with Crippen molar-refractivity contribution in [3.8, 4) is 11.6 Å². The molecule has 230 valence electrons. The predicted octanol–water partition coefficient (Wildman–Crippen LogP) is 3.77. The van der Waals surface area contributed by atoms with Crippen LogP contribution in [0.3, 0.4) is 0 Å². The first-order valence-electron chi connectivity index (χ1n) is 14.9. The zero-order chi connectivity index (χ0) is 30.3. The quantitative estimate of drug-likeness (QED) is 0.300. The minimum atomic E-state index is -0.619. The third kappa shape index (κ3) is 8.11. The number of anilines is 1. The van der Waals surface area contributed by atoms with Crippen molar-refractivity contribution >= 4 is 17.5 Å². The molecule has 0 spiro atoms. The number of hydrogen-bond acceptors (Lipinski definition) is 10. The summed E-state index contributed by atoms with van der Waals surface area (Å²) in [5.74, 6) is 2.49. The number of aromatic nitrogens is 2. The van der Waals surface area contributed by atoms with E-state index in [9.17, 15) is 14.7 Å². The highest BCUT2D eigenvalue weighted by atomic mass is 16.5. The van der Waals surface area contributed by atoms with Gasteiger partial charge in [-0.25, -0.2) is 4.98 Å². The molecule has 0 saturated carbocycles. The fourth-order valence-corrected chi connectivity index (χ4v) is 5.67. The Labute approximate surface area is 252 Å². The van der Waals surface area contributed by atoms with E-state index in [2.05, 4.69) is 32.3 Å². The lowest BCUT2D eigenvalue weighted by atomic mass is 9.98. The molecule has 1 amide bonds. The third-order valence-electron chi connectivity index (χ3n) is 8.28. The number of oxazole rings is 1. The molecule has 0 unspecified atom stereocenters. The molecule has 2 aliphatic heterocycles. The van der Waals surface area contributed by atoms with E-state index >= 15 is 0 Å². The van der Waals surface area contributed by atoms with Gasteiger partial charge in [0.2, 0.25) is 11.8 Å². The smallest absolute Gasteiger partial charge is 0.219 e. The van der Waals surface area contributed by atoms with Crippen LogP contribution in [-0.4, -0.2) is 82.0 Å². The number of likely N-dealkylation sites (tertiary alicyclic amines) is 1. The zero-order valence-electron chi connectivity index (χ0n) is 25.2. The van der Waals surface area contributed by atoms with E-state index in [1.165, 1.54) is 24.6 Å². The molecule has 1 fully saturated rings. The lowest BCUT2D eigenvalue weighted by Crippen LogP contribution is -2.41. The third-order valence-corrected chi connectivity index (χ3v) is 8.28. The molecule has 1 saturated heterocycles. The fourth-order valence-electron chi connectivity index (χ4n) is 5.67. The second-order valence-electron chi connectivity index (χ2n) is 11.4. The Kier molecular flexibility index (Phi) is 9.93. The Morgan fingerprint density at radius 1 is 1.16 bits per heavy atom. The number of Topliss-reactive ketones (excluding diaryl/α,β-unsaturated/α-hetero) is 1. The molecular formula is C32H41N5O6. The van der Waals surface area contributed by atoms with Gasteiger partial charge in [-0.2, -0.15) is 4.98 Å². The first-order valence-corrected chi connectivity index (χ1v) is 14.9. The van der Waals surface area contributed by atoms with Crippen molar-refractivity contribution in [3.05, 3.63) is 64.9 Å². The molecule has 11 nitrogen and oxygen atoms in total. The maximum atomic E-state index is 13.1. The first-order chi connectivity index (χ1) is 20.8. The van der Waals surface area contributed by atoms with Crippen LogP contribution in [0.4, 0.5) is 5.82 Å². The van der Waals surface area contributed by atoms with Crippen molar-refractivity contribution in [1.29, 1.82) is 0 Å². The molecular weight excluding hydrogens is 550 g/mol. The fraction of sp³-hybridized carbons (Fsp3) is 0.500. The minimum absolute atomic E-state index is 0.0637. The number of nitrogens with one attached hydrogen (secondary N) is 1. The molecule has 3 aromatic rings. The van der Waals surface area contributed by atoms with E-state index in [-0.39, 0.29) is 24.2 Å². The van der Waals surface area contributed by atoms with E-state index < -0.39 is 6.10 Å². The highest BCUT2D eigenvalue weighted by molar-refractivity contribution is 5.97. The number of aliphatic hydroxyl groups is 1. The van der Waals surface area contributed by atoms with Gasteiger partial charge in [0, 0.05) is 63.7 Å². The van der Waals surface area contributed by atoms with Gasteiger partial charge in [0.15, 0.2) is 17.9 Å². The number of fused-ring (bicyclic) bond motifs is 1. The van der Waals surface area contributed by atoms with Crippen LogP contribution in [0, 0.1) is 6.92 Å². The molecule has 4 heterocycles. The van der Waals surface area contributed by atoms with Crippen molar-refractivity contribution in [2.75, 3.05) is 38.6 Å². The van der Waals surface area contributed by atoms with Crippen LogP contribution in [0.5, 0.6) is 11.6 Å². The van der Waals surface area contributed by atoms with E-state index in [1.807, 2.05) is 17.9 Å². The second-order valence-corrected chi connectivity index (χ2v) is 11.4. The van der Waals surface area contributed by atoms with Gasteiger partial charge in [0.05, 0.1) is 18.9 Å². The number of hydrogen-bond donors (Lipinski definition) is 2. The van der Waals surface area contributed by atoms with Crippen LogP contribution in [0.1, 0.15) is 65.5 Å². The van der Waals surface area contributed by atoms with Crippen molar-refractivity contribution in [2.45, 2.75) is 71.2 Å². The molecule has 2 N–H and O–H groups in total. The topological polar surface area (TPSA) is 130 Å². The average Bonchev–Trinajstić information content (AvgIpc) is 3.43. The summed E-state index contributed by atoms with van der Waals surface area (Å²) in [6, 6.07) is 9.68. The summed E-state index contributed by atoms with van der Waals surface area (Å²) in [4.78, 5) is 37.4. The molecule has 2 aliphatic rings. The molecule has 0 bridgehead atoms. The Bertz CT molecular complexity index is 1420. The molecule has 11 heteroatoms. The second kappa shape index (κ2) is 14.0. The van der Waals surface area contributed by atoms with Crippen LogP contribution in [-0.2, 0) is 24.4 Å². The van der Waals surface area contributed by atoms with E-state index in [0.29, 0.717) is 49.9 Å². The number of β-amino-alcohol motifs (C(OH)–C–C–N with tert-alkyl or cyclic N) is 1. The average molecular weight is 592 g/mol. The maximum absolute atomic E-state index is 13.1. The number of ketones is 1. The van der Waals surface area contributed by atoms with Gasteiger partial charge >= 0.3 is 0 Å². The number of methoxy groups -OCH3 is 1. The number of carbonyl (C=O) groups excluding carboxylic acids is 2. The lowest BCUT2D eigenvalue weighted by molar-refractivity contribution is -0.129. The summed E-state index contributed by atoms with van der Waals surface area (Å²) in [5.41, 5.74) is 3.79. The normalized spacial score (nSPS) is 16.4. The van der Waals surface area contributed by atoms with Crippen LogP contribution >= 0.6 is 0 Å². The van der Waals surface area contributed by atoms with Gasteiger partial charge in [-0.1, -0.05) is 6.07 Å². The van der Waals surface area contributed by atoms with Gasteiger partial charge in [0.25, 0.3) is 0 Å². The molecule has 5 rings (SSSR count). The van der Waals surface area contributed by atoms with Gasteiger partial charge in [-0.3, -0.25) is 14.5 Å². The summed E-state index contributed by atoms with van der Waals surface area (Å²) in [6.07, 6.45) is 3.88. The summed E-state index contributed by atoms with van der Waals surface area (Å²) < 4.78 is 16.6. The number of pyridine rings is 1. The monoisotopic (exact) mass is 591 g/mol. The van der Waals surface area contributed by atoms with Crippen molar-refractivity contribution in [1.82, 2.24) is 19.8 Å². The number of benzene rings is 1. The number of nitrogens with zero attached hydrogens (tertiary/aromatic N) is 4. The number of aryl methyl sites for hydroxylation is 1. The first kappa shape index (κ1) is 30.5. The predicted molar refractivity (Wildman–Crippen MR) is 160 cm³/mol. The van der Waals surface area contributed by atoms with Crippen LogP contribution < -0.4 is 14.8 Å². The summed E-state index contributed by atoms with van der Waals surface area (Å²) in [7, 11) is 1.53. The Morgan fingerprint density at radius 3 is 2.70 bits per heavy atom. The van der Waals surface area contributed by atoms with E-state index in [1.54, 1.807) is 19.1 Å². The van der Waals surface area contributed by atoms with Crippen molar-refractivity contribution in [2.24, 2.45) is 0 Å². The molecule has 1 aromatic carbocycles. The maximum Gasteiger partial charge on any atom is 0.219 e. The molecule has 0 radical (unpaired) electrons. The largest absolute Gasteiger partial charge is 0.486 e. The number of carbonyl (C=O) groups is 2. The lowest BCUT2D eigenvalue weighted by Gasteiger charge is -2.32. The highest BCUT2D eigenvalue weighted by Gasteiger charge is 2.23. The highest BCUT2D eigenvalue weighted by Crippen LogP contribution is 2.26. The minimum Gasteiger partial charge on any atom is -0.486 e. The van der Waals surface area contributed by atoms with Gasteiger partial charge < -0.3 is 29.2 Å². The summed E-state index contributed by atoms with van der Waals surface area (Å²) in [5, 5.41) is 14.2. The van der Waals surface area contributed by atoms with Gasteiger partial charge in [-0.05, 0) is 61.9 Å².